The molecule has 7 heteroatoms. The van der Waals surface area contributed by atoms with Crippen molar-refractivity contribution < 1.29 is 18.5 Å². The molecule has 5 nitrogen and oxygen atoms in total. The first-order chi connectivity index (χ1) is 9.82. The molecule has 0 unspecified atom stereocenters. The number of benzene rings is 1. The Labute approximate surface area is 120 Å². The summed E-state index contributed by atoms with van der Waals surface area (Å²) in [5, 5.41) is 13.2. The molecule has 114 valence electrons. The van der Waals surface area contributed by atoms with Gasteiger partial charge in [0.15, 0.2) is 0 Å². The Hall–Kier alpha value is -2.05. The maximum Gasteiger partial charge on any atom is 0.308 e. The average Bonchev–Trinajstić information content (AvgIpc) is 2.85. The molecule has 1 amide bonds. The number of amides is 1. The van der Waals surface area contributed by atoms with E-state index in [2.05, 4.69) is 5.32 Å². The predicted molar refractivity (Wildman–Crippen MR) is 71.9 cm³/mol. The lowest BCUT2D eigenvalue weighted by molar-refractivity contribution is -0.387. The van der Waals surface area contributed by atoms with Crippen molar-refractivity contribution in [2.24, 2.45) is 5.41 Å². The maximum absolute atomic E-state index is 13.9. The van der Waals surface area contributed by atoms with Gasteiger partial charge < -0.3 is 5.32 Å². The number of carbonyl (C=O) groups excluding carboxylic acids is 1. The topological polar surface area (TPSA) is 72.2 Å². The van der Waals surface area contributed by atoms with E-state index in [1.165, 1.54) is 0 Å². The highest BCUT2D eigenvalue weighted by Gasteiger charge is 2.30. The van der Waals surface area contributed by atoms with Crippen LogP contribution in [0.25, 0.3) is 0 Å². The largest absolute Gasteiger partial charge is 0.351 e. The number of hydrogen-bond acceptors (Lipinski definition) is 3. The summed E-state index contributed by atoms with van der Waals surface area (Å²) < 4.78 is 27.2. The molecule has 1 fully saturated rings. The van der Waals surface area contributed by atoms with Crippen LogP contribution in [0.5, 0.6) is 0 Å². The molecule has 0 spiro atoms. The van der Waals surface area contributed by atoms with E-state index in [9.17, 15) is 23.7 Å². The van der Waals surface area contributed by atoms with E-state index in [0.717, 1.165) is 25.7 Å². The molecule has 0 atom stereocenters. The molecule has 0 aliphatic heterocycles. The van der Waals surface area contributed by atoms with Gasteiger partial charge in [-0.15, -0.1) is 0 Å². The molecule has 0 bridgehead atoms. The van der Waals surface area contributed by atoms with E-state index < -0.39 is 33.7 Å². The minimum absolute atomic E-state index is 0.0502. The van der Waals surface area contributed by atoms with Crippen molar-refractivity contribution in [3.63, 3.8) is 0 Å². The Morgan fingerprint density at radius 1 is 1.38 bits per heavy atom. The summed E-state index contributed by atoms with van der Waals surface area (Å²) in [7, 11) is 0. The van der Waals surface area contributed by atoms with Crippen molar-refractivity contribution in [1.82, 2.24) is 5.32 Å². The van der Waals surface area contributed by atoms with Crippen LogP contribution in [0.2, 0.25) is 0 Å². The third kappa shape index (κ3) is 3.34. The van der Waals surface area contributed by atoms with E-state index in [-0.39, 0.29) is 5.41 Å². The molecule has 21 heavy (non-hydrogen) atoms. The second-order valence-corrected chi connectivity index (χ2v) is 5.74. The molecular formula is C14H16F2N2O3. The van der Waals surface area contributed by atoms with Crippen molar-refractivity contribution in [2.75, 3.05) is 6.54 Å². The maximum atomic E-state index is 13.9. The second kappa shape index (κ2) is 5.75. The fraction of sp³-hybridized carbons (Fsp3) is 0.500. The zero-order valence-electron chi connectivity index (χ0n) is 11.6. The molecule has 1 N–H and O–H groups in total. The number of hydrogen-bond donors (Lipinski definition) is 1. The van der Waals surface area contributed by atoms with Crippen LogP contribution in [0.4, 0.5) is 14.5 Å². The molecule has 0 radical (unpaired) electrons. The lowest BCUT2D eigenvalue weighted by atomic mass is 9.89. The van der Waals surface area contributed by atoms with Crippen LogP contribution < -0.4 is 5.32 Å². The highest BCUT2D eigenvalue weighted by molar-refractivity contribution is 5.95. The summed E-state index contributed by atoms with van der Waals surface area (Å²) in [6.45, 7) is 2.36. The molecule has 1 aromatic carbocycles. The molecule has 0 aromatic heterocycles. The van der Waals surface area contributed by atoms with Gasteiger partial charge in [-0.1, -0.05) is 19.8 Å². The monoisotopic (exact) mass is 298 g/mol. The SMILES string of the molecule is CC1(CNC(=O)c2cc(F)cc([N+](=O)[O-])c2F)CCCC1. The molecular weight excluding hydrogens is 282 g/mol. The molecule has 1 aliphatic rings. The lowest BCUT2D eigenvalue weighted by Gasteiger charge is -2.23. The van der Waals surface area contributed by atoms with Crippen molar-refractivity contribution in [3.8, 4) is 0 Å². The van der Waals surface area contributed by atoms with Gasteiger partial charge in [-0.05, 0) is 24.3 Å². The van der Waals surface area contributed by atoms with E-state index in [1.54, 1.807) is 0 Å². The van der Waals surface area contributed by atoms with E-state index in [1.807, 2.05) is 6.92 Å². The van der Waals surface area contributed by atoms with Crippen LogP contribution in [0.3, 0.4) is 0 Å². The fourth-order valence-corrected chi connectivity index (χ4v) is 2.67. The molecule has 0 heterocycles. The average molecular weight is 298 g/mol. The summed E-state index contributed by atoms with van der Waals surface area (Å²) in [5.74, 6) is -3.15. The van der Waals surface area contributed by atoms with E-state index in [4.69, 9.17) is 0 Å². The summed E-state index contributed by atoms with van der Waals surface area (Å²) >= 11 is 0. The van der Waals surface area contributed by atoms with Crippen molar-refractivity contribution in [3.05, 3.63) is 39.4 Å². The van der Waals surface area contributed by atoms with Crippen molar-refractivity contribution in [2.45, 2.75) is 32.6 Å². The smallest absolute Gasteiger partial charge is 0.308 e. The summed E-state index contributed by atoms with van der Waals surface area (Å²) in [6.07, 6.45) is 4.07. The molecule has 1 aromatic rings. The number of nitrogens with one attached hydrogen (secondary N) is 1. The van der Waals surface area contributed by atoms with Gasteiger partial charge in [-0.25, -0.2) is 4.39 Å². The van der Waals surface area contributed by atoms with Gasteiger partial charge in [0.05, 0.1) is 16.6 Å². The summed E-state index contributed by atoms with van der Waals surface area (Å²) in [4.78, 5) is 21.5. The van der Waals surface area contributed by atoms with Crippen LogP contribution in [0.15, 0.2) is 12.1 Å². The Bertz CT molecular complexity index is 584. The van der Waals surface area contributed by atoms with Gasteiger partial charge in [-0.2, -0.15) is 4.39 Å². The Morgan fingerprint density at radius 3 is 2.57 bits per heavy atom. The third-order valence-electron chi connectivity index (χ3n) is 3.95. The number of halogens is 2. The van der Waals surface area contributed by atoms with Gasteiger partial charge in [0.2, 0.25) is 5.82 Å². The third-order valence-corrected chi connectivity index (χ3v) is 3.95. The predicted octanol–water partition coefficient (Wildman–Crippen LogP) is 3.18. The van der Waals surface area contributed by atoms with Crippen LogP contribution in [-0.4, -0.2) is 17.4 Å². The first-order valence-electron chi connectivity index (χ1n) is 6.74. The van der Waals surface area contributed by atoms with Gasteiger partial charge in [0, 0.05) is 6.54 Å². The van der Waals surface area contributed by atoms with E-state index in [0.29, 0.717) is 18.7 Å². The number of nitro benzene ring substituents is 1. The lowest BCUT2D eigenvalue weighted by Crippen LogP contribution is -2.34. The Kier molecular flexibility index (Phi) is 4.20. The van der Waals surface area contributed by atoms with Gasteiger partial charge in [0.25, 0.3) is 5.91 Å². The molecule has 0 saturated heterocycles. The standard InChI is InChI=1S/C14H16F2N2O3/c1-14(4-2-3-5-14)8-17-13(19)10-6-9(15)7-11(12(10)16)18(20)21/h6-7H,2-5,8H2,1H3,(H,17,19). The zero-order chi connectivity index (χ0) is 15.6. The Morgan fingerprint density at radius 2 is 2.00 bits per heavy atom. The first kappa shape index (κ1) is 15.3. The van der Waals surface area contributed by atoms with Crippen LogP contribution in [0, 0.1) is 27.2 Å². The second-order valence-electron chi connectivity index (χ2n) is 5.74. The first-order valence-corrected chi connectivity index (χ1v) is 6.74. The van der Waals surface area contributed by atoms with Crippen LogP contribution in [0.1, 0.15) is 43.0 Å². The molecule has 2 rings (SSSR count). The molecule has 1 saturated carbocycles. The highest BCUT2D eigenvalue weighted by atomic mass is 19.1. The quantitative estimate of drug-likeness (QED) is 0.685. The number of nitrogens with zero attached hydrogens (tertiary/aromatic N) is 1. The minimum Gasteiger partial charge on any atom is -0.351 e. The van der Waals surface area contributed by atoms with Gasteiger partial charge in [-0.3, -0.25) is 14.9 Å². The summed E-state index contributed by atoms with van der Waals surface area (Å²) in [5.41, 5.74) is -1.72. The number of carbonyl (C=O) groups is 1. The number of nitro groups is 1. The number of rotatable bonds is 4. The van der Waals surface area contributed by atoms with Crippen LogP contribution >= 0.6 is 0 Å². The van der Waals surface area contributed by atoms with Gasteiger partial charge in [0.1, 0.15) is 5.82 Å². The highest BCUT2D eigenvalue weighted by Crippen LogP contribution is 2.36. The summed E-state index contributed by atoms with van der Waals surface area (Å²) in [6, 6.07) is 1.14. The minimum atomic E-state index is -1.31. The molecule has 1 aliphatic carbocycles. The van der Waals surface area contributed by atoms with Crippen molar-refractivity contribution >= 4 is 11.6 Å². The Balaban J connectivity index is 2.17. The van der Waals surface area contributed by atoms with Gasteiger partial charge >= 0.3 is 5.69 Å². The fourth-order valence-electron chi connectivity index (χ4n) is 2.67. The van der Waals surface area contributed by atoms with E-state index >= 15 is 0 Å². The van der Waals surface area contributed by atoms with Crippen molar-refractivity contribution in [1.29, 1.82) is 0 Å². The zero-order valence-corrected chi connectivity index (χ0v) is 11.6. The normalized spacial score (nSPS) is 16.7. The van der Waals surface area contributed by atoms with Crippen LogP contribution in [-0.2, 0) is 0 Å².